The van der Waals surface area contributed by atoms with Gasteiger partial charge >= 0.3 is 0 Å². The first-order chi connectivity index (χ1) is 8.53. The molecule has 1 aromatic heterocycles. The molecule has 0 radical (unpaired) electrons. The Kier molecular flexibility index (Phi) is 3.88. The largest absolute Gasteiger partial charge is 0.383 e. The summed E-state index contributed by atoms with van der Waals surface area (Å²) in [5.41, 5.74) is 7.38. The summed E-state index contributed by atoms with van der Waals surface area (Å²) in [4.78, 5) is 8.87. The molecular formula is C14H24N4. The number of hydrogen-bond acceptors (Lipinski definition) is 4. The van der Waals surface area contributed by atoms with Crippen LogP contribution < -0.4 is 5.73 Å². The number of nitrogens with two attached hydrogens (primary N) is 1. The number of hydrogen-bond donors (Lipinski definition) is 1. The molecule has 0 spiro atoms. The number of nitrogens with zero attached hydrogens (tertiary/aromatic N) is 3. The van der Waals surface area contributed by atoms with E-state index in [1.165, 1.54) is 19.3 Å². The molecule has 1 heterocycles. The van der Waals surface area contributed by atoms with Crippen molar-refractivity contribution in [3.8, 4) is 0 Å². The summed E-state index contributed by atoms with van der Waals surface area (Å²) < 4.78 is 0. The smallest absolute Gasteiger partial charge is 0.127 e. The normalized spacial score (nSPS) is 18.1. The van der Waals surface area contributed by atoms with Crippen LogP contribution in [0, 0.1) is 0 Å². The molecule has 0 unspecified atom stereocenters. The zero-order valence-corrected chi connectivity index (χ0v) is 11.7. The predicted molar refractivity (Wildman–Crippen MR) is 75.3 cm³/mol. The average molecular weight is 248 g/mol. The van der Waals surface area contributed by atoms with Crippen molar-refractivity contribution in [3.63, 3.8) is 0 Å². The lowest BCUT2D eigenvalue weighted by molar-refractivity contribution is 0.0259. The molecular weight excluding hydrogens is 224 g/mol. The summed E-state index contributed by atoms with van der Waals surface area (Å²) in [5.74, 6) is 0.650. The topological polar surface area (TPSA) is 45.4 Å². The van der Waals surface area contributed by atoms with E-state index in [1.807, 2.05) is 6.07 Å². The van der Waals surface area contributed by atoms with E-state index >= 15 is 0 Å². The molecule has 0 aliphatic heterocycles. The van der Waals surface area contributed by atoms with Gasteiger partial charge in [-0.1, -0.05) is 6.07 Å². The minimum Gasteiger partial charge on any atom is -0.383 e. The van der Waals surface area contributed by atoms with Gasteiger partial charge in [-0.3, -0.25) is 0 Å². The van der Waals surface area contributed by atoms with Crippen LogP contribution in [0.3, 0.4) is 0 Å². The first kappa shape index (κ1) is 13.3. The third kappa shape index (κ3) is 2.65. The van der Waals surface area contributed by atoms with E-state index in [0.29, 0.717) is 11.4 Å². The fraction of sp³-hybridized carbons (Fsp3) is 0.643. The minimum atomic E-state index is 0.367. The highest BCUT2D eigenvalue weighted by Crippen LogP contribution is 2.36. The highest BCUT2D eigenvalue weighted by atomic mass is 15.2. The van der Waals surface area contributed by atoms with E-state index in [-0.39, 0.29) is 0 Å². The van der Waals surface area contributed by atoms with Crippen LogP contribution in [-0.2, 0) is 6.54 Å². The number of rotatable bonds is 5. The van der Waals surface area contributed by atoms with Crippen molar-refractivity contribution in [1.29, 1.82) is 0 Å². The van der Waals surface area contributed by atoms with Crippen LogP contribution in [0.5, 0.6) is 0 Å². The molecule has 0 amide bonds. The molecule has 0 aromatic carbocycles. The monoisotopic (exact) mass is 248 g/mol. The van der Waals surface area contributed by atoms with Gasteiger partial charge in [-0.05, 0) is 46.5 Å². The number of anilines is 1. The lowest BCUT2D eigenvalue weighted by Crippen LogP contribution is -2.56. The summed E-state index contributed by atoms with van der Waals surface area (Å²) in [6.45, 7) is 1.96. The van der Waals surface area contributed by atoms with Gasteiger partial charge in [-0.25, -0.2) is 4.98 Å². The second-order valence-corrected chi connectivity index (χ2v) is 5.69. The summed E-state index contributed by atoms with van der Waals surface area (Å²) in [5, 5.41) is 0. The van der Waals surface area contributed by atoms with Gasteiger partial charge in [-0.2, -0.15) is 0 Å². The maximum Gasteiger partial charge on any atom is 0.127 e. The van der Waals surface area contributed by atoms with Crippen LogP contribution in [-0.4, -0.2) is 48.0 Å². The van der Waals surface area contributed by atoms with Crippen molar-refractivity contribution in [2.24, 2.45) is 0 Å². The number of nitrogen functional groups attached to an aromatic ring is 1. The Hall–Kier alpha value is -1.13. The van der Waals surface area contributed by atoms with Crippen molar-refractivity contribution < 1.29 is 0 Å². The Labute approximate surface area is 110 Å². The maximum atomic E-state index is 5.89. The number of pyridine rings is 1. The Balaban J connectivity index is 1.97. The first-order valence-corrected chi connectivity index (χ1v) is 6.59. The van der Waals surface area contributed by atoms with E-state index < -0.39 is 0 Å². The third-order valence-corrected chi connectivity index (χ3v) is 4.16. The van der Waals surface area contributed by atoms with Crippen molar-refractivity contribution in [1.82, 2.24) is 14.8 Å². The molecule has 4 heteroatoms. The summed E-state index contributed by atoms with van der Waals surface area (Å²) in [6.07, 6.45) is 5.69. The lowest BCUT2D eigenvalue weighted by atomic mass is 9.75. The van der Waals surface area contributed by atoms with Crippen molar-refractivity contribution in [2.45, 2.75) is 31.3 Å². The molecule has 0 bridgehead atoms. The van der Waals surface area contributed by atoms with Crippen molar-refractivity contribution >= 4 is 5.82 Å². The quantitative estimate of drug-likeness (QED) is 0.859. The zero-order chi connectivity index (χ0) is 13.2. The van der Waals surface area contributed by atoms with Crippen LogP contribution in [0.4, 0.5) is 5.82 Å². The molecule has 1 aliphatic rings. The van der Waals surface area contributed by atoms with E-state index in [4.69, 9.17) is 5.73 Å². The number of likely N-dealkylation sites (N-methyl/N-ethyl adjacent to an activating group) is 2. The van der Waals surface area contributed by atoms with Gasteiger partial charge < -0.3 is 15.5 Å². The Bertz CT molecular complexity index is 399. The van der Waals surface area contributed by atoms with Gasteiger partial charge in [0.15, 0.2) is 0 Å². The third-order valence-electron chi connectivity index (χ3n) is 4.16. The standard InChI is InChI=1S/C14H24N4/c1-17(2)14(7-5-8-14)11-18(3)10-12-6-4-9-16-13(12)15/h4,6,9H,5,7-8,10-11H2,1-3H3,(H2,15,16). The molecule has 100 valence electrons. The fourth-order valence-corrected chi connectivity index (χ4v) is 2.77. The SMILES string of the molecule is CN(Cc1cccnc1N)CC1(N(C)C)CCC1. The highest BCUT2D eigenvalue weighted by molar-refractivity contribution is 5.38. The predicted octanol–water partition coefficient (Wildman–Crippen LogP) is 1.58. The van der Waals surface area contributed by atoms with Gasteiger partial charge in [0, 0.05) is 30.4 Å². The highest BCUT2D eigenvalue weighted by Gasteiger charge is 2.39. The molecule has 2 N–H and O–H groups in total. The molecule has 1 saturated carbocycles. The maximum absolute atomic E-state index is 5.89. The van der Waals surface area contributed by atoms with Gasteiger partial charge in [0.05, 0.1) is 0 Å². The van der Waals surface area contributed by atoms with Crippen molar-refractivity contribution in [3.05, 3.63) is 23.9 Å². The molecule has 4 nitrogen and oxygen atoms in total. The van der Waals surface area contributed by atoms with Crippen LogP contribution >= 0.6 is 0 Å². The molecule has 1 aromatic rings. The summed E-state index contributed by atoms with van der Waals surface area (Å²) >= 11 is 0. The van der Waals surface area contributed by atoms with Crippen LogP contribution in [0.25, 0.3) is 0 Å². The number of aromatic nitrogens is 1. The first-order valence-electron chi connectivity index (χ1n) is 6.59. The van der Waals surface area contributed by atoms with Crippen LogP contribution in [0.2, 0.25) is 0 Å². The van der Waals surface area contributed by atoms with Crippen LogP contribution in [0.1, 0.15) is 24.8 Å². The molecule has 0 atom stereocenters. The van der Waals surface area contributed by atoms with Gasteiger partial charge in [0.2, 0.25) is 0 Å². The van der Waals surface area contributed by atoms with E-state index in [9.17, 15) is 0 Å². The summed E-state index contributed by atoms with van der Waals surface area (Å²) in [7, 11) is 6.53. The van der Waals surface area contributed by atoms with Crippen LogP contribution in [0.15, 0.2) is 18.3 Å². The molecule has 2 rings (SSSR count). The van der Waals surface area contributed by atoms with Gasteiger partial charge in [-0.15, -0.1) is 0 Å². The molecule has 1 aliphatic carbocycles. The lowest BCUT2D eigenvalue weighted by Gasteiger charge is -2.49. The Morgan fingerprint density at radius 1 is 1.33 bits per heavy atom. The zero-order valence-electron chi connectivity index (χ0n) is 11.7. The van der Waals surface area contributed by atoms with E-state index in [0.717, 1.165) is 18.7 Å². The van der Waals surface area contributed by atoms with E-state index in [2.05, 4.69) is 42.0 Å². The minimum absolute atomic E-state index is 0.367. The second-order valence-electron chi connectivity index (χ2n) is 5.69. The Morgan fingerprint density at radius 2 is 2.06 bits per heavy atom. The molecule has 1 fully saturated rings. The van der Waals surface area contributed by atoms with E-state index in [1.54, 1.807) is 6.20 Å². The fourth-order valence-electron chi connectivity index (χ4n) is 2.77. The second kappa shape index (κ2) is 5.24. The van der Waals surface area contributed by atoms with Crippen molar-refractivity contribution in [2.75, 3.05) is 33.4 Å². The average Bonchev–Trinajstić information content (AvgIpc) is 2.26. The molecule has 18 heavy (non-hydrogen) atoms. The molecule has 0 saturated heterocycles. The van der Waals surface area contributed by atoms with Gasteiger partial charge in [0.1, 0.15) is 5.82 Å². The van der Waals surface area contributed by atoms with Gasteiger partial charge in [0.25, 0.3) is 0 Å². The Morgan fingerprint density at radius 3 is 2.56 bits per heavy atom. The summed E-state index contributed by atoms with van der Waals surface area (Å²) in [6, 6.07) is 4.01.